The van der Waals surface area contributed by atoms with Crippen molar-refractivity contribution in [3.05, 3.63) is 102 Å². The summed E-state index contributed by atoms with van der Waals surface area (Å²) in [7, 11) is -1.04. The Hall–Kier alpha value is -4.28. The highest BCUT2D eigenvalue weighted by atomic mass is 32.2. The number of carbonyl (C=O) groups is 1. The zero-order valence-electron chi connectivity index (χ0n) is 18.5. The predicted octanol–water partition coefficient (Wildman–Crippen LogP) is 4.84. The van der Waals surface area contributed by atoms with E-state index >= 15 is 0 Å². The summed E-state index contributed by atoms with van der Waals surface area (Å²) in [6.07, 6.45) is 0. The summed E-state index contributed by atoms with van der Waals surface area (Å²) in [5.41, 5.74) is 1.97. The number of nitrogens with one attached hydrogen (secondary N) is 1. The molecule has 0 amide bonds. The number of benzene rings is 4. The summed E-state index contributed by atoms with van der Waals surface area (Å²) in [5, 5.41) is 1.26. The molecule has 6 nitrogen and oxygen atoms in total. The Kier molecular flexibility index (Phi) is 6.53. The Morgan fingerprint density at radius 3 is 2.18 bits per heavy atom. The molecule has 170 valence electrons. The summed E-state index contributed by atoms with van der Waals surface area (Å²) in [5.74, 6) is 6.18. The van der Waals surface area contributed by atoms with Crippen molar-refractivity contribution in [3.8, 4) is 17.6 Å². The molecule has 4 aromatic rings. The van der Waals surface area contributed by atoms with Gasteiger partial charge in [0.25, 0.3) is 10.0 Å². The van der Waals surface area contributed by atoms with Gasteiger partial charge in [0.15, 0.2) is 0 Å². The van der Waals surface area contributed by atoms with Crippen LogP contribution in [0.2, 0.25) is 0 Å². The van der Waals surface area contributed by atoms with E-state index in [1.165, 1.54) is 13.2 Å². The summed E-state index contributed by atoms with van der Waals surface area (Å²) >= 11 is 0. The molecule has 0 aliphatic rings. The van der Waals surface area contributed by atoms with Crippen LogP contribution in [-0.2, 0) is 14.8 Å². The van der Waals surface area contributed by atoms with Crippen LogP contribution in [0.5, 0.6) is 5.75 Å². The third-order valence-electron chi connectivity index (χ3n) is 5.17. The zero-order valence-corrected chi connectivity index (χ0v) is 19.3. The molecule has 4 aromatic carbocycles. The molecule has 0 heterocycles. The van der Waals surface area contributed by atoms with Crippen LogP contribution in [0.25, 0.3) is 10.8 Å². The molecule has 34 heavy (non-hydrogen) atoms. The van der Waals surface area contributed by atoms with Gasteiger partial charge >= 0.3 is 5.97 Å². The fraction of sp³-hybridized carbons (Fsp3) is 0.0741. The van der Waals surface area contributed by atoms with E-state index in [1.54, 1.807) is 73.8 Å². The Morgan fingerprint density at radius 2 is 1.47 bits per heavy atom. The summed E-state index contributed by atoms with van der Waals surface area (Å²) < 4.78 is 39.4. The number of para-hydroxylation sites is 1. The number of hydrogen-bond donors (Lipinski definition) is 1. The maximum atomic E-state index is 13.3. The molecule has 0 atom stereocenters. The van der Waals surface area contributed by atoms with E-state index in [1.807, 2.05) is 12.1 Å². The molecule has 0 aromatic heterocycles. The minimum Gasteiger partial charge on any atom is -0.496 e. The average Bonchev–Trinajstić information content (AvgIpc) is 2.87. The fourth-order valence-electron chi connectivity index (χ4n) is 3.48. The summed E-state index contributed by atoms with van der Waals surface area (Å²) in [6.45, 7) is 0. The normalized spacial score (nSPS) is 10.8. The molecule has 7 heteroatoms. The Labute approximate surface area is 198 Å². The maximum Gasteiger partial charge on any atom is 0.337 e. The highest BCUT2D eigenvalue weighted by Crippen LogP contribution is 2.32. The third kappa shape index (κ3) is 4.72. The topological polar surface area (TPSA) is 81.7 Å². The van der Waals surface area contributed by atoms with E-state index in [2.05, 4.69) is 16.6 Å². The van der Waals surface area contributed by atoms with Crippen molar-refractivity contribution in [2.75, 3.05) is 18.9 Å². The third-order valence-corrected chi connectivity index (χ3v) is 6.60. The van der Waals surface area contributed by atoms with Gasteiger partial charge in [-0.15, -0.1) is 0 Å². The largest absolute Gasteiger partial charge is 0.496 e. The highest BCUT2D eigenvalue weighted by molar-refractivity contribution is 7.93. The first-order valence-electron chi connectivity index (χ1n) is 10.3. The molecule has 0 radical (unpaired) electrons. The van der Waals surface area contributed by atoms with Gasteiger partial charge in [-0.3, -0.25) is 4.72 Å². The Bertz CT molecular complexity index is 1530. The number of fused-ring (bicyclic) bond motifs is 1. The van der Waals surface area contributed by atoms with E-state index in [-0.39, 0.29) is 4.90 Å². The number of ether oxygens (including phenoxy) is 2. The van der Waals surface area contributed by atoms with Crippen molar-refractivity contribution in [3.63, 3.8) is 0 Å². The number of rotatable bonds is 5. The molecule has 0 aliphatic carbocycles. The van der Waals surface area contributed by atoms with E-state index in [9.17, 15) is 13.2 Å². The van der Waals surface area contributed by atoms with E-state index in [4.69, 9.17) is 9.47 Å². The van der Waals surface area contributed by atoms with Gasteiger partial charge < -0.3 is 9.47 Å². The lowest BCUT2D eigenvalue weighted by Gasteiger charge is -2.13. The number of anilines is 1. The van der Waals surface area contributed by atoms with Gasteiger partial charge in [0, 0.05) is 21.9 Å². The van der Waals surface area contributed by atoms with Gasteiger partial charge in [-0.2, -0.15) is 0 Å². The van der Waals surface area contributed by atoms with Crippen LogP contribution in [0.15, 0.2) is 89.8 Å². The van der Waals surface area contributed by atoms with Crippen LogP contribution in [0.3, 0.4) is 0 Å². The number of carbonyl (C=O) groups excluding carboxylic acids is 1. The fourth-order valence-corrected chi connectivity index (χ4v) is 4.78. The van der Waals surface area contributed by atoms with Crippen LogP contribution in [0.1, 0.15) is 21.5 Å². The molecular formula is C27H21NO5S. The lowest BCUT2D eigenvalue weighted by Crippen LogP contribution is -2.14. The quantitative estimate of drug-likeness (QED) is 0.333. The first-order chi connectivity index (χ1) is 16.4. The molecule has 0 unspecified atom stereocenters. The second-order valence-corrected chi connectivity index (χ2v) is 8.93. The first-order valence-corrected chi connectivity index (χ1v) is 11.8. The maximum absolute atomic E-state index is 13.3. The van der Waals surface area contributed by atoms with Crippen molar-refractivity contribution >= 4 is 32.5 Å². The van der Waals surface area contributed by atoms with Crippen molar-refractivity contribution in [2.24, 2.45) is 0 Å². The van der Waals surface area contributed by atoms with Gasteiger partial charge in [-0.1, -0.05) is 48.2 Å². The summed E-state index contributed by atoms with van der Waals surface area (Å²) in [4.78, 5) is 11.7. The minimum atomic E-state index is -3.91. The molecule has 0 saturated heterocycles. The van der Waals surface area contributed by atoms with Crippen molar-refractivity contribution < 1.29 is 22.7 Å². The van der Waals surface area contributed by atoms with Crippen LogP contribution in [0.4, 0.5) is 5.69 Å². The molecule has 0 aliphatic heterocycles. The highest BCUT2D eigenvalue weighted by Gasteiger charge is 2.20. The van der Waals surface area contributed by atoms with Gasteiger partial charge in [-0.25, -0.2) is 13.2 Å². The molecule has 0 fully saturated rings. The SMILES string of the molecule is COC(=O)c1ccc(C#Cc2ccccc2NS(=O)(=O)c2ccc(OC)c3ccccc23)cc1. The standard InChI is InChI=1S/C27H21NO5S/c1-32-25-17-18-26(23-9-5-4-8-22(23)25)34(30,31)28-24-10-6-3-7-20(24)14-11-19-12-15-21(16-13-19)27(29)33-2/h3-10,12-13,15-18,28H,1-2H3. The van der Waals surface area contributed by atoms with Crippen LogP contribution in [-0.4, -0.2) is 28.6 Å². The van der Waals surface area contributed by atoms with Crippen molar-refractivity contribution in [2.45, 2.75) is 4.90 Å². The predicted molar refractivity (Wildman–Crippen MR) is 132 cm³/mol. The first kappa shape index (κ1) is 22.9. The number of sulfonamides is 1. The number of esters is 1. The van der Waals surface area contributed by atoms with Gasteiger partial charge in [-0.05, 0) is 48.5 Å². The van der Waals surface area contributed by atoms with Gasteiger partial charge in [0.05, 0.1) is 30.4 Å². The van der Waals surface area contributed by atoms with Crippen molar-refractivity contribution in [1.82, 2.24) is 0 Å². The van der Waals surface area contributed by atoms with E-state index in [0.29, 0.717) is 38.9 Å². The minimum absolute atomic E-state index is 0.144. The second kappa shape index (κ2) is 9.69. The number of methoxy groups -OCH3 is 2. The molecule has 1 N–H and O–H groups in total. The lowest BCUT2D eigenvalue weighted by molar-refractivity contribution is 0.0600. The zero-order chi connectivity index (χ0) is 24.1. The van der Waals surface area contributed by atoms with Crippen molar-refractivity contribution in [1.29, 1.82) is 0 Å². The monoisotopic (exact) mass is 471 g/mol. The number of hydrogen-bond acceptors (Lipinski definition) is 5. The van der Waals surface area contributed by atoms with Crippen LogP contribution >= 0.6 is 0 Å². The molecule has 4 rings (SSSR count). The second-order valence-electron chi connectivity index (χ2n) is 7.28. The molecular weight excluding hydrogens is 450 g/mol. The van der Waals surface area contributed by atoms with E-state index in [0.717, 1.165) is 0 Å². The average molecular weight is 472 g/mol. The van der Waals surface area contributed by atoms with Gasteiger partial charge in [0.1, 0.15) is 5.75 Å². The molecule has 0 bridgehead atoms. The van der Waals surface area contributed by atoms with Crippen LogP contribution < -0.4 is 9.46 Å². The molecule has 0 spiro atoms. The van der Waals surface area contributed by atoms with Gasteiger partial charge in [0.2, 0.25) is 0 Å². The lowest BCUT2D eigenvalue weighted by atomic mass is 10.1. The molecule has 0 saturated carbocycles. The summed E-state index contributed by atoms with van der Waals surface area (Å²) in [6, 6.07) is 23.9. The van der Waals surface area contributed by atoms with E-state index < -0.39 is 16.0 Å². The Morgan fingerprint density at radius 1 is 0.794 bits per heavy atom. The Balaban J connectivity index is 1.67. The smallest absolute Gasteiger partial charge is 0.337 e. The van der Waals surface area contributed by atoms with Crippen LogP contribution in [0, 0.1) is 11.8 Å².